The SMILES string of the molecule is CNc1nc(NCCS(=O)(=O)NC)c2cc(C)sc2n1. The van der Waals surface area contributed by atoms with Crippen LogP contribution in [0.15, 0.2) is 6.07 Å². The van der Waals surface area contributed by atoms with Crippen LogP contribution in [-0.2, 0) is 10.0 Å². The van der Waals surface area contributed by atoms with E-state index in [4.69, 9.17) is 0 Å². The zero-order valence-corrected chi connectivity index (χ0v) is 13.2. The van der Waals surface area contributed by atoms with Crippen molar-refractivity contribution in [3.8, 4) is 0 Å². The van der Waals surface area contributed by atoms with Crippen molar-refractivity contribution < 1.29 is 8.42 Å². The van der Waals surface area contributed by atoms with Crippen molar-refractivity contribution in [2.75, 3.05) is 37.0 Å². The lowest BCUT2D eigenvalue weighted by Gasteiger charge is -2.08. The Balaban J connectivity index is 2.24. The van der Waals surface area contributed by atoms with E-state index in [0.717, 1.165) is 15.1 Å². The second kappa shape index (κ2) is 5.90. The Bertz CT molecular complexity index is 711. The van der Waals surface area contributed by atoms with E-state index in [2.05, 4.69) is 25.3 Å². The molecule has 0 aliphatic heterocycles. The zero-order chi connectivity index (χ0) is 14.8. The van der Waals surface area contributed by atoms with Gasteiger partial charge in [0.05, 0.1) is 11.1 Å². The maximum absolute atomic E-state index is 11.4. The number of hydrogen-bond donors (Lipinski definition) is 3. The third-order valence-electron chi connectivity index (χ3n) is 2.71. The Labute approximate surface area is 121 Å². The van der Waals surface area contributed by atoms with Crippen LogP contribution in [-0.4, -0.2) is 44.8 Å². The van der Waals surface area contributed by atoms with Gasteiger partial charge in [-0.2, -0.15) is 4.98 Å². The van der Waals surface area contributed by atoms with E-state index < -0.39 is 10.0 Å². The summed E-state index contributed by atoms with van der Waals surface area (Å²) in [5.74, 6) is 1.15. The molecule has 2 heterocycles. The lowest BCUT2D eigenvalue weighted by molar-refractivity contribution is 0.588. The number of aromatic nitrogens is 2. The van der Waals surface area contributed by atoms with Crippen LogP contribution in [0.2, 0.25) is 0 Å². The fourth-order valence-electron chi connectivity index (χ4n) is 1.69. The molecule has 9 heteroatoms. The van der Waals surface area contributed by atoms with E-state index >= 15 is 0 Å². The Morgan fingerprint density at radius 2 is 2.05 bits per heavy atom. The molecule has 0 aliphatic carbocycles. The first-order chi connectivity index (χ1) is 9.45. The summed E-state index contributed by atoms with van der Waals surface area (Å²) < 4.78 is 25.1. The van der Waals surface area contributed by atoms with Crippen molar-refractivity contribution in [1.82, 2.24) is 14.7 Å². The first-order valence-corrected chi connectivity index (χ1v) is 8.53. The van der Waals surface area contributed by atoms with Crippen molar-refractivity contribution in [2.45, 2.75) is 6.92 Å². The lowest BCUT2D eigenvalue weighted by Crippen LogP contribution is -2.26. The minimum atomic E-state index is -3.22. The van der Waals surface area contributed by atoms with Crippen molar-refractivity contribution in [3.63, 3.8) is 0 Å². The topological polar surface area (TPSA) is 96.0 Å². The summed E-state index contributed by atoms with van der Waals surface area (Å²) in [5.41, 5.74) is 0. The summed E-state index contributed by atoms with van der Waals surface area (Å²) in [5, 5.41) is 6.87. The highest BCUT2D eigenvalue weighted by molar-refractivity contribution is 7.89. The van der Waals surface area contributed by atoms with Gasteiger partial charge in [0.2, 0.25) is 16.0 Å². The van der Waals surface area contributed by atoms with Crippen molar-refractivity contribution in [1.29, 1.82) is 0 Å². The first kappa shape index (κ1) is 14.9. The van der Waals surface area contributed by atoms with Gasteiger partial charge in [-0.15, -0.1) is 11.3 Å². The number of nitrogens with one attached hydrogen (secondary N) is 3. The largest absolute Gasteiger partial charge is 0.368 e. The van der Waals surface area contributed by atoms with E-state index in [9.17, 15) is 8.42 Å². The molecule has 0 spiro atoms. The van der Waals surface area contributed by atoms with Crippen molar-refractivity contribution in [3.05, 3.63) is 10.9 Å². The molecule has 0 aromatic carbocycles. The summed E-state index contributed by atoms with van der Waals surface area (Å²) in [4.78, 5) is 10.7. The molecular formula is C11H17N5O2S2. The van der Waals surface area contributed by atoms with Gasteiger partial charge < -0.3 is 10.6 Å². The number of fused-ring (bicyclic) bond motifs is 1. The van der Waals surface area contributed by atoms with Crippen LogP contribution in [0.1, 0.15) is 4.88 Å². The standard InChI is InChI=1S/C11H17N5O2S2/c1-7-6-8-9(14-4-5-20(17,18)13-3)15-11(12-2)16-10(8)19-7/h6,13H,4-5H2,1-3H3,(H2,12,14,15,16). The van der Waals surface area contributed by atoms with E-state index in [-0.39, 0.29) is 12.3 Å². The second-order valence-corrected chi connectivity index (χ2v) is 7.45. The van der Waals surface area contributed by atoms with Gasteiger partial charge in [-0.25, -0.2) is 18.1 Å². The van der Waals surface area contributed by atoms with Crippen molar-refractivity contribution >= 4 is 43.3 Å². The van der Waals surface area contributed by atoms with Crippen molar-refractivity contribution in [2.24, 2.45) is 0 Å². The maximum Gasteiger partial charge on any atom is 0.225 e. The molecular weight excluding hydrogens is 298 g/mol. The van der Waals surface area contributed by atoms with Crippen LogP contribution in [0.3, 0.4) is 0 Å². The van der Waals surface area contributed by atoms with E-state index in [1.807, 2.05) is 13.0 Å². The van der Waals surface area contributed by atoms with Gasteiger partial charge in [-0.05, 0) is 20.0 Å². The van der Waals surface area contributed by atoms with Gasteiger partial charge in [-0.1, -0.05) is 0 Å². The fraction of sp³-hybridized carbons (Fsp3) is 0.455. The number of anilines is 2. The van der Waals surface area contributed by atoms with Gasteiger partial charge in [0, 0.05) is 18.5 Å². The third kappa shape index (κ3) is 3.35. The summed E-state index contributed by atoms with van der Waals surface area (Å²) >= 11 is 1.58. The first-order valence-electron chi connectivity index (χ1n) is 6.06. The number of nitrogens with zero attached hydrogens (tertiary/aromatic N) is 2. The molecule has 110 valence electrons. The highest BCUT2D eigenvalue weighted by Crippen LogP contribution is 2.29. The van der Waals surface area contributed by atoms with Gasteiger partial charge in [0.15, 0.2) is 0 Å². The van der Waals surface area contributed by atoms with Gasteiger partial charge >= 0.3 is 0 Å². The van der Waals surface area contributed by atoms with E-state index in [1.54, 1.807) is 18.4 Å². The lowest BCUT2D eigenvalue weighted by atomic mass is 10.3. The molecule has 20 heavy (non-hydrogen) atoms. The van der Waals surface area contributed by atoms with Crippen LogP contribution in [0.4, 0.5) is 11.8 Å². The number of hydrogen-bond acceptors (Lipinski definition) is 7. The summed E-state index contributed by atoms with van der Waals surface area (Å²) in [6.45, 7) is 2.29. The Hall–Kier alpha value is -1.45. The molecule has 0 fully saturated rings. The molecule has 0 atom stereocenters. The second-order valence-electron chi connectivity index (χ2n) is 4.17. The molecule has 0 saturated carbocycles. The average molecular weight is 315 g/mol. The predicted octanol–water partition coefficient (Wildman–Crippen LogP) is 1.00. The normalized spacial score (nSPS) is 11.8. The van der Waals surface area contributed by atoms with E-state index in [1.165, 1.54) is 7.05 Å². The molecule has 0 unspecified atom stereocenters. The molecule has 2 aromatic rings. The molecule has 0 amide bonds. The number of thiophene rings is 1. The maximum atomic E-state index is 11.4. The van der Waals surface area contributed by atoms with Gasteiger partial charge in [0.25, 0.3) is 0 Å². The minimum Gasteiger partial charge on any atom is -0.368 e. The molecule has 7 nitrogen and oxygen atoms in total. The van der Waals surface area contributed by atoms with Crippen LogP contribution >= 0.6 is 11.3 Å². The van der Waals surface area contributed by atoms with Crippen LogP contribution in [0.25, 0.3) is 10.2 Å². The Morgan fingerprint density at radius 3 is 2.70 bits per heavy atom. The molecule has 3 N–H and O–H groups in total. The summed E-state index contributed by atoms with van der Waals surface area (Å²) in [6.07, 6.45) is 0. The summed E-state index contributed by atoms with van der Waals surface area (Å²) in [7, 11) is -0.0731. The molecule has 0 saturated heterocycles. The monoisotopic (exact) mass is 315 g/mol. The highest BCUT2D eigenvalue weighted by Gasteiger charge is 2.11. The predicted molar refractivity (Wildman–Crippen MR) is 83.0 cm³/mol. The molecule has 0 aliphatic rings. The highest BCUT2D eigenvalue weighted by atomic mass is 32.2. The molecule has 0 bridgehead atoms. The molecule has 2 aromatic heterocycles. The van der Waals surface area contributed by atoms with Crippen LogP contribution < -0.4 is 15.4 Å². The summed E-state index contributed by atoms with van der Waals surface area (Å²) in [6, 6.07) is 1.99. The van der Waals surface area contributed by atoms with Gasteiger partial charge in [0.1, 0.15) is 10.6 Å². The van der Waals surface area contributed by atoms with Crippen LogP contribution in [0, 0.1) is 6.92 Å². The fourth-order valence-corrected chi connectivity index (χ4v) is 3.15. The minimum absolute atomic E-state index is 0.00694. The van der Waals surface area contributed by atoms with Gasteiger partial charge in [-0.3, -0.25) is 0 Å². The number of aryl methyl sites for hydroxylation is 1. The third-order valence-corrected chi connectivity index (χ3v) is 5.02. The Kier molecular flexibility index (Phi) is 4.41. The van der Waals surface area contributed by atoms with Crippen LogP contribution in [0.5, 0.6) is 0 Å². The quantitative estimate of drug-likeness (QED) is 0.736. The Morgan fingerprint density at radius 1 is 1.30 bits per heavy atom. The molecule has 2 rings (SSSR count). The zero-order valence-electron chi connectivity index (χ0n) is 11.5. The van der Waals surface area contributed by atoms with E-state index in [0.29, 0.717) is 11.8 Å². The smallest absolute Gasteiger partial charge is 0.225 e. The number of sulfonamides is 1. The number of rotatable bonds is 6. The average Bonchev–Trinajstić information content (AvgIpc) is 2.78. The molecule has 0 radical (unpaired) electrons.